The Hall–Kier alpha value is -2.86. The molecule has 0 spiro atoms. The number of rotatable bonds is 2. The van der Waals surface area contributed by atoms with Crippen molar-refractivity contribution in [1.29, 1.82) is 0 Å². The Balaban J connectivity index is 2.04. The minimum absolute atomic E-state index is 0.0285. The molecule has 7 heteroatoms. The highest BCUT2D eigenvalue weighted by Crippen LogP contribution is 2.34. The standard InChI is InChI=1S/C21H17ClF2N4/c1-21(2,3)28-19(12-7-4-5-8-13(12)22)26-16-11-25-18(27-20(16)28)17-14(23)9-6-10-15(17)24/h4-11H,1-3H3. The number of hydrogen-bond donors (Lipinski definition) is 0. The topological polar surface area (TPSA) is 43.6 Å². The first-order valence-electron chi connectivity index (χ1n) is 8.72. The van der Waals surface area contributed by atoms with Crippen molar-refractivity contribution in [2.24, 2.45) is 0 Å². The van der Waals surface area contributed by atoms with Gasteiger partial charge in [-0.05, 0) is 45.0 Å². The first kappa shape index (κ1) is 18.5. The van der Waals surface area contributed by atoms with Crippen molar-refractivity contribution >= 4 is 22.8 Å². The molecule has 28 heavy (non-hydrogen) atoms. The number of imidazole rings is 1. The summed E-state index contributed by atoms with van der Waals surface area (Å²) >= 11 is 6.39. The number of halogens is 3. The molecule has 2 aromatic heterocycles. The first-order chi connectivity index (χ1) is 13.3. The molecule has 0 bridgehead atoms. The Kier molecular flexibility index (Phi) is 4.38. The number of benzene rings is 2. The normalized spacial score (nSPS) is 11.9. The van der Waals surface area contributed by atoms with Crippen molar-refractivity contribution in [2.45, 2.75) is 26.3 Å². The van der Waals surface area contributed by atoms with Gasteiger partial charge in [0, 0.05) is 11.1 Å². The fourth-order valence-electron chi connectivity index (χ4n) is 3.16. The molecular formula is C21H17ClF2N4. The summed E-state index contributed by atoms with van der Waals surface area (Å²) in [6, 6.07) is 11.0. The maximum atomic E-state index is 14.2. The van der Waals surface area contributed by atoms with E-state index >= 15 is 0 Å². The lowest BCUT2D eigenvalue weighted by atomic mass is 10.1. The van der Waals surface area contributed by atoms with Gasteiger partial charge in [0.1, 0.15) is 23.0 Å². The third-order valence-electron chi connectivity index (χ3n) is 4.37. The molecule has 0 unspecified atom stereocenters. The average Bonchev–Trinajstić information content (AvgIpc) is 3.01. The second-order valence-corrected chi connectivity index (χ2v) is 7.83. The summed E-state index contributed by atoms with van der Waals surface area (Å²) in [5.74, 6) is -0.840. The van der Waals surface area contributed by atoms with Crippen molar-refractivity contribution in [3.63, 3.8) is 0 Å². The Morgan fingerprint density at radius 3 is 2.25 bits per heavy atom. The fourth-order valence-corrected chi connectivity index (χ4v) is 3.39. The third-order valence-corrected chi connectivity index (χ3v) is 4.70. The molecule has 0 aliphatic heterocycles. The van der Waals surface area contributed by atoms with E-state index in [9.17, 15) is 8.78 Å². The van der Waals surface area contributed by atoms with Gasteiger partial charge in [-0.25, -0.2) is 23.7 Å². The second-order valence-electron chi connectivity index (χ2n) is 7.42. The molecule has 2 heterocycles. The molecular weight excluding hydrogens is 382 g/mol. The van der Waals surface area contributed by atoms with Crippen molar-refractivity contribution in [1.82, 2.24) is 19.5 Å². The van der Waals surface area contributed by atoms with Crippen LogP contribution >= 0.6 is 11.6 Å². The summed E-state index contributed by atoms with van der Waals surface area (Å²) in [7, 11) is 0. The third kappa shape index (κ3) is 3.03. The molecule has 0 atom stereocenters. The Morgan fingerprint density at radius 1 is 0.929 bits per heavy atom. The molecule has 0 N–H and O–H groups in total. The molecule has 0 saturated heterocycles. The highest BCUT2D eigenvalue weighted by molar-refractivity contribution is 6.33. The van der Waals surface area contributed by atoms with Crippen LogP contribution in [0.25, 0.3) is 33.9 Å². The van der Waals surface area contributed by atoms with Gasteiger partial charge in [0.05, 0.1) is 16.8 Å². The predicted octanol–water partition coefficient (Wildman–Crippen LogP) is 5.85. The molecule has 0 amide bonds. The first-order valence-corrected chi connectivity index (χ1v) is 9.10. The number of aromatic nitrogens is 4. The SMILES string of the molecule is CC(C)(C)n1c(-c2ccccc2Cl)nc2cnc(-c3c(F)cccc3F)nc21. The summed E-state index contributed by atoms with van der Waals surface area (Å²) in [6.45, 7) is 6.00. The van der Waals surface area contributed by atoms with Crippen LogP contribution in [0.2, 0.25) is 5.02 Å². The molecule has 142 valence electrons. The van der Waals surface area contributed by atoms with E-state index in [2.05, 4.69) is 15.0 Å². The summed E-state index contributed by atoms with van der Waals surface area (Å²) in [6.07, 6.45) is 1.48. The van der Waals surface area contributed by atoms with Gasteiger partial charge in [0.2, 0.25) is 0 Å². The maximum absolute atomic E-state index is 14.2. The zero-order valence-electron chi connectivity index (χ0n) is 15.5. The van der Waals surface area contributed by atoms with Crippen LogP contribution in [-0.2, 0) is 5.54 Å². The quantitative estimate of drug-likeness (QED) is 0.425. The van der Waals surface area contributed by atoms with E-state index in [1.165, 1.54) is 24.4 Å². The van der Waals surface area contributed by atoms with Crippen LogP contribution in [0.4, 0.5) is 8.78 Å². The molecule has 0 fully saturated rings. The number of nitrogens with zero attached hydrogens (tertiary/aromatic N) is 4. The van der Waals surface area contributed by atoms with Gasteiger partial charge < -0.3 is 4.57 Å². The Morgan fingerprint density at radius 2 is 1.61 bits per heavy atom. The van der Waals surface area contributed by atoms with Gasteiger partial charge in [-0.2, -0.15) is 0 Å². The average molecular weight is 399 g/mol. The summed E-state index contributed by atoms with van der Waals surface area (Å²) in [4.78, 5) is 13.3. The van der Waals surface area contributed by atoms with Crippen LogP contribution < -0.4 is 0 Å². The van der Waals surface area contributed by atoms with Gasteiger partial charge in [0.25, 0.3) is 0 Å². The summed E-state index contributed by atoms with van der Waals surface area (Å²) in [5.41, 5.74) is 1.07. The minimum atomic E-state index is -0.715. The van der Waals surface area contributed by atoms with E-state index in [1.54, 1.807) is 6.07 Å². The zero-order valence-corrected chi connectivity index (χ0v) is 16.3. The van der Waals surface area contributed by atoms with E-state index in [0.29, 0.717) is 22.0 Å². The van der Waals surface area contributed by atoms with E-state index < -0.39 is 17.2 Å². The van der Waals surface area contributed by atoms with E-state index in [1.807, 2.05) is 43.5 Å². The maximum Gasteiger partial charge on any atom is 0.167 e. The summed E-state index contributed by atoms with van der Waals surface area (Å²) < 4.78 is 30.4. The monoisotopic (exact) mass is 398 g/mol. The fraction of sp³-hybridized carbons (Fsp3) is 0.190. The van der Waals surface area contributed by atoms with Crippen molar-refractivity contribution in [3.05, 3.63) is 65.3 Å². The summed E-state index contributed by atoms with van der Waals surface area (Å²) in [5, 5.41) is 0.552. The van der Waals surface area contributed by atoms with Gasteiger partial charge in [-0.15, -0.1) is 0 Å². The lowest BCUT2D eigenvalue weighted by molar-refractivity contribution is 0.411. The molecule has 0 aliphatic rings. The van der Waals surface area contributed by atoms with Crippen molar-refractivity contribution in [3.8, 4) is 22.8 Å². The zero-order chi connectivity index (χ0) is 20.1. The van der Waals surface area contributed by atoms with Gasteiger partial charge in [-0.1, -0.05) is 29.8 Å². The van der Waals surface area contributed by atoms with Gasteiger partial charge in [0.15, 0.2) is 11.5 Å². The Bertz CT molecular complexity index is 1170. The van der Waals surface area contributed by atoms with Crippen LogP contribution in [0, 0.1) is 11.6 Å². The smallest absolute Gasteiger partial charge is 0.167 e. The van der Waals surface area contributed by atoms with Crippen LogP contribution in [0.15, 0.2) is 48.7 Å². The number of hydrogen-bond acceptors (Lipinski definition) is 3. The predicted molar refractivity (Wildman–Crippen MR) is 106 cm³/mol. The lowest BCUT2D eigenvalue weighted by Gasteiger charge is -2.24. The highest BCUT2D eigenvalue weighted by atomic mass is 35.5. The van der Waals surface area contributed by atoms with E-state index in [-0.39, 0.29) is 11.4 Å². The molecule has 0 radical (unpaired) electrons. The molecule has 4 rings (SSSR count). The van der Waals surface area contributed by atoms with Gasteiger partial charge >= 0.3 is 0 Å². The number of fused-ring (bicyclic) bond motifs is 1. The molecule has 4 nitrogen and oxygen atoms in total. The van der Waals surface area contributed by atoms with E-state index in [0.717, 1.165) is 5.56 Å². The van der Waals surface area contributed by atoms with E-state index in [4.69, 9.17) is 11.6 Å². The minimum Gasteiger partial charge on any atom is -0.303 e. The largest absolute Gasteiger partial charge is 0.303 e. The Labute approximate surface area is 165 Å². The van der Waals surface area contributed by atoms with Gasteiger partial charge in [-0.3, -0.25) is 0 Å². The van der Waals surface area contributed by atoms with Crippen LogP contribution in [0.3, 0.4) is 0 Å². The molecule has 0 saturated carbocycles. The van der Waals surface area contributed by atoms with Crippen LogP contribution in [0.1, 0.15) is 20.8 Å². The molecule has 0 aliphatic carbocycles. The van der Waals surface area contributed by atoms with Crippen LogP contribution in [0.5, 0.6) is 0 Å². The lowest BCUT2D eigenvalue weighted by Crippen LogP contribution is -2.23. The van der Waals surface area contributed by atoms with Crippen molar-refractivity contribution < 1.29 is 8.78 Å². The second kappa shape index (κ2) is 6.63. The molecule has 2 aromatic carbocycles. The molecule has 4 aromatic rings. The van der Waals surface area contributed by atoms with Crippen LogP contribution in [-0.4, -0.2) is 19.5 Å². The highest BCUT2D eigenvalue weighted by Gasteiger charge is 2.26. The van der Waals surface area contributed by atoms with Crippen molar-refractivity contribution in [2.75, 3.05) is 0 Å².